The summed E-state index contributed by atoms with van der Waals surface area (Å²) in [5.74, 6) is -0.923. The first-order valence-corrected chi connectivity index (χ1v) is 9.31. The number of hydrogen-bond acceptors (Lipinski definition) is 5. The average Bonchev–Trinajstić information content (AvgIpc) is 2.74. The van der Waals surface area contributed by atoms with Crippen LogP contribution >= 0.6 is 11.3 Å². The van der Waals surface area contributed by atoms with Crippen molar-refractivity contribution in [2.45, 2.75) is 71.7 Å². The van der Waals surface area contributed by atoms with E-state index in [0.29, 0.717) is 23.4 Å². The molecule has 2 heterocycles. The predicted molar refractivity (Wildman–Crippen MR) is 98.8 cm³/mol. The lowest BCUT2D eigenvalue weighted by atomic mass is 9.86. The molecule has 0 radical (unpaired) electrons. The van der Waals surface area contributed by atoms with Crippen LogP contribution in [0, 0.1) is 5.92 Å². The Morgan fingerprint density at radius 1 is 1.32 bits per heavy atom. The number of primary amides is 1. The second-order valence-electron chi connectivity index (χ2n) is 8.16. The van der Waals surface area contributed by atoms with Crippen molar-refractivity contribution >= 4 is 28.2 Å². The van der Waals surface area contributed by atoms with Gasteiger partial charge in [-0.1, -0.05) is 13.8 Å². The zero-order valence-electron chi connectivity index (χ0n) is 15.7. The van der Waals surface area contributed by atoms with Crippen molar-refractivity contribution in [3.05, 3.63) is 16.0 Å². The molecule has 7 heteroatoms. The molecule has 0 fully saturated rings. The third-order valence-electron chi connectivity index (χ3n) is 4.17. The van der Waals surface area contributed by atoms with Crippen LogP contribution in [0.2, 0.25) is 0 Å². The molecule has 0 spiro atoms. The van der Waals surface area contributed by atoms with Crippen molar-refractivity contribution in [1.29, 1.82) is 0 Å². The van der Waals surface area contributed by atoms with Crippen LogP contribution in [0.4, 0.5) is 5.00 Å². The Morgan fingerprint density at radius 3 is 2.44 bits per heavy atom. The first-order valence-electron chi connectivity index (χ1n) is 8.49. The number of carbonyl (C=O) groups is 2. The summed E-state index contributed by atoms with van der Waals surface area (Å²) in [6.45, 7) is 11.7. The summed E-state index contributed by atoms with van der Waals surface area (Å²) in [6.07, 6.45) is -0.240. The highest BCUT2D eigenvalue weighted by Gasteiger charge is 2.43. The van der Waals surface area contributed by atoms with Crippen molar-refractivity contribution in [1.82, 2.24) is 0 Å². The Bertz CT molecular complexity index is 691. The van der Waals surface area contributed by atoms with E-state index < -0.39 is 29.1 Å². The minimum absolute atomic E-state index is 0.182. The smallest absolute Gasteiger partial charge is 0.253 e. The van der Waals surface area contributed by atoms with Gasteiger partial charge in [-0.2, -0.15) is 0 Å². The Balaban J connectivity index is 2.43. The highest BCUT2D eigenvalue weighted by molar-refractivity contribution is 7.17. The van der Waals surface area contributed by atoms with Gasteiger partial charge in [0.25, 0.3) is 11.8 Å². The first-order chi connectivity index (χ1) is 11.3. The normalized spacial score (nSPS) is 19.4. The van der Waals surface area contributed by atoms with Crippen molar-refractivity contribution in [3.63, 3.8) is 0 Å². The number of hydrogen-bond donors (Lipinski definition) is 3. The van der Waals surface area contributed by atoms with Crippen LogP contribution in [0.1, 0.15) is 68.8 Å². The molecule has 0 bridgehead atoms. The third kappa shape index (κ3) is 4.22. The highest BCUT2D eigenvalue weighted by atomic mass is 32.1. The molecule has 0 saturated heterocycles. The van der Waals surface area contributed by atoms with Crippen LogP contribution < -0.4 is 11.1 Å². The summed E-state index contributed by atoms with van der Waals surface area (Å²) < 4.78 is 6.14. The zero-order valence-corrected chi connectivity index (χ0v) is 16.5. The van der Waals surface area contributed by atoms with Crippen molar-refractivity contribution in [3.8, 4) is 0 Å². The molecule has 1 aliphatic rings. The summed E-state index contributed by atoms with van der Waals surface area (Å²) in [4.78, 5) is 25.3. The maximum absolute atomic E-state index is 12.3. The van der Waals surface area contributed by atoms with Gasteiger partial charge in [-0.25, -0.2) is 0 Å². The molecule has 1 unspecified atom stereocenters. The van der Waals surface area contributed by atoms with Gasteiger partial charge >= 0.3 is 0 Å². The van der Waals surface area contributed by atoms with Crippen LogP contribution in [-0.4, -0.2) is 28.6 Å². The van der Waals surface area contributed by atoms with E-state index in [0.717, 1.165) is 10.4 Å². The van der Waals surface area contributed by atoms with E-state index in [9.17, 15) is 14.7 Å². The van der Waals surface area contributed by atoms with Gasteiger partial charge in [-0.15, -0.1) is 11.3 Å². The van der Waals surface area contributed by atoms with Crippen molar-refractivity contribution in [2.24, 2.45) is 11.7 Å². The lowest BCUT2D eigenvalue weighted by molar-refractivity contribution is -0.135. The maximum atomic E-state index is 12.3. The second kappa shape index (κ2) is 6.70. The number of nitrogens with two attached hydrogens (primary N) is 1. The van der Waals surface area contributed by atoms with E-state index in [4.69, 9.17) is 10.5 Å². The molecule has 140 valence electrons. The number of anilines is 1. The number of aliphatic hydroxyl groups excluding tert-OH is 1. The van der Waals surface area contributed by atoms with E-state index in [-0.39, 0.29) is 5.92 Å². The van der Waals surface area contributed by atoms with E-state index >= 15 is 0 Å². The van der Waals surface area contributed by atoms with Crippen LogP contribution in [0.5, 0.6) is 0 Å². The Kier molecular flexibility index (Phi) is 5.33. The molecule has 25 heavy (non-hydrogen) atoms. The van der Waals surface area contributed by atoms with Gasteiger partial charge in [0.05, 0.1) is 16.8 Å². The van der Waals surface area contributed by atoms with Crippen LogP contribution in [0.25, 0.3) is 0 Å². The quantitative estimate of drug-likeness (QED) is 0.744. The van der Waals surface area contributed by atoms with Gasteiger partial charge in [0.2, 0.25) is 0 Å². The van der Waals surface area contributed by atoms with E-state index in [1.165, 1.54) is 11.3 Å². The largest absolute Gasteiger partial charge is 0.383 e. The third-order valence-corrected chi connectivity index (χ3v) is 5.62. The monoisotopic (exact) mass is 368 g/mol. The molecule has 2 amide bonds. The number of aliphatic hydroxyl groups is 1. The summed E-state index contributed by atoms with van der Waals surface area (Å²) in [5.41, 5.74) is 5.72. The molecule has 2 rings (SSSR count). The number of thiophene rings is 1. The maximum Gasteiger partial charge on any atom is 0.253 e. The van der Waals surface area contributed by atoms with Gasteiger partial charge in [0.15, 0.2) is 0 Å². The Labute approximate surface area is 152 Å². The first kappa shape index (κ1) is 19.9. The number of nitrogens with one attached hydrogen (secondary N) is 1. The number of rotatable bonds is 5. The number of fused-ring (bicyclic) bond motifs is 1. The lowest BCUT2D eigenvalue weighted by Crippen LogP contribution is -2.42. The molecular weight excluding hydrogens is 340 g/mol. The lowest BCUT2D eigenvalue weighted by Gasteiger charge is -2.41. The van der Waals surface area contributed by atoms with E-state index in [2.05, 4.69) is 5.32 Å². The van der Waals surface area contributed by atoms with Crippen LogP contribution in [0.3, 0.4) is 0 Å². The molecule has 0 saturated carbocycles. The molecule has 1 aromatic rings. The second-order valence-corrected chi connectivity index (χ2v) is 9.18. The molecule has 0 aromatic carbocycles. The fraction of sp³-hybridized carbons (Fsp3) is 0.667. The molecule has 0 aliphatic carbocycles. The van der Waals surface area contributed by atoms with E-state index in [1.807, 2.05) is 41.5 Å². The minimum atomic E-state index is -1.12. The summed E-state index contributed by atoms with van der Waals surface area (Å²) in [6, 6.07) is 0. The van der Waals surface area contributed by atoms with Crippen LogP contribution in [0.15, 0.2) is 0 Å². The summed E-state index contributed by atoms with van der Waals surface area (Å²) in [5, 5.41) is 13.1. The fourth-order valence-corrected chi connectivity index (χ4v) is 4.68. The van der Waals surface area contributed by atoms with Gasteiger partial charge in [0.1, 0.15) is 11.1 Å². The van der Waals surface area contributed by atoms with E-state index in [1.54, 1.807) is 0 Å². The minimum Gasteiger partial charge on any atom is -0.383 e. The topological polar surface area (TPSA) is 102 Å². The highest BCUT2D eigenvalue weighted by Crippen LogP contribution is 2.48. The standard InChI is InChI=1S/C18H28N2O4S/c1-9(2)7-11(21)15(23)20-16-12(14(19)22)10-8-17(3,4)24-18(5,6)13(10)25-16/h9,11,21H,7-8H2,1-6H3,(H2,19,22)(H,20,23). The number of amides is 2. The predicted octanol–water partition coefficient (Wildman–Crippen LogP) is 2.78. The summed E-state index contributed by atoms with van der Waals surface area (Å²) in [7, 11) is 0. The molecule has 4 N–H and O–H groups in total. The Morgan fingerprint density at radius 2 is 1.92 bits per heavy atom. The van der Waals surface area contributed by atoms with Crippen LogP contribution in [-0.2, 0) is 21.6 Å². The fourth-order valence-electron chi connectivity index (χ4n) is 3.42. The van der Waals surface area contributed by atoms with Crippen molar-refractivity contribution < 1.29 is 19.4 Å². The molecular formula is C18H28N2O4S. The number of ether oxygens (including phenoxy) is 1. The van der Waals surface area contributed by atoms with Gasteiger partial charge in [-0.3, -0.25) is 9.59 Å². The average molecular weight is 368 g/mol. The molecule has 1 aliphatic heterocycles. The van der Waals surface area contributed by atoms with Gasteiger partial charge < -0.3 is 20.9 Å². The zero-order chi connectivity index (χ0) is 19.2. The molecule has 1 aromatic heterocycles. The summed E-state index contributed by atoms with van der Waals surface area (Å²) >= 11 is 1.29. The van der Waals surface area contributed by atoms with Gasteiger partial charge in [0, 0.05) is 11.3 Å². The van der Waals surface area contributed by atoms with Crippen molar-refractivity contribution in [2.75, 3.05) is 5.32 Å². The molecule has 1 atom stereocenters. The SMILES string of the molecule is CC(C)CC(O)C(=O)Nc1sc2c(c1C(N)=O)CC(C)(C)OC2(C)C. The molecule has 6 nitrogen and oxygen atoms in total. The van der Waals surface area contributed by atoms with Gasteiger partial charge in [-0.05, 0) is 45.6 Å². The Hall–Kier alpha value is -1.44. The number of carbonyl (C=O) groups excluding carboxylic acids is 2.